The lowest BCUT2D eigenvalue weighted by atomic mass is 9.47. The zero-order valence-electron chi connectivity index (χ0n) is 33.1. The van der Waals surface area contributed by atoms with Gasteiger partial charge in [-0.25, -0.2) is 0 Å². The van der Waals surface area contributed by atoms with E-state index >= 15 is 0 Å². The number of carbonyl (C=O) groups is 2. The Bertz CT molecular complexity index is 1570. The van der Waals surface area contributed by atoms with Crippen molar-refractivity contribution in [2.75, 3.05) is 19.0 Å². The summed E-state index contributed by atoms with van der Waals surface area (Å²) in [4.78, 5) is 30.0. The average molecular weight is 714 g/mol. The second-order valence-electron chi connectivity index (χ2n) is 17.9. The van der Waals surface area contributed by atoms with Crippen molar-refractivity contribution in [3.63, 3.8) is 0 Å². The van der Waals surface area contributed by atoms with Gasteiger partial charge in [0.1, 0.15) is 11.9 Å². The van der Waals surface area contributed by atoms with Crippen molar-refractivity contribution >= 4 is 28.5 Å². The van der Waals surface area contributed by atoms with Crippen LogP contribution in [0, 0.1) is 40.4 Å². The quantitative estimate of drug-likeness (QED) is 0.102. The minimum atomic E-state index is -0.242. The fraction of sp³-hybridized carbons (Fsp3) is 0.711. The van der Waals surface area contributed by atoms with Crippen molar-refractivity contribution in [3.05, 3.63) is 42.1 Å². The molecule has 52 heavy (non-hydrogen) atoms. The summed E-state index contributed by atoms with van der Waals surface area (Å²) in [5.41, 5.74) is 4.17. The molecular weight excluding hydrogens is 647 g/mol. The number of fused-ring (bicyclic) bond motifs is 6. The van der Waals surface area contributed by atoms with Crippen LogP contribution in [0.2, 0.25) is 0 Å². The molecule has 7 heteroatoms. The van der Waals surface area contributed by atoms with Crippen molar-refractivity contribution in [3.8, 4) is 5.75 Å². The second-order valence-corrected chi connectivity index (χ2v) is 17.9. The molecule has 0 bridgehead atoms. The number of amides is 1. The molecule has 3 saturated carbocycles. The number of hydrogen-bond acceptors (Lipinski definition) is 6. The van der Waals surface area contributed by atoms with Gasteiger partial charge in [-0.15, -0.1) is 0 Å². The van der Waals surface area contributed by atoms with Crippen LogP contribution < -0.4 is 15.4 Å². The number of unbranched alkanes of at least 4 members (excludes halogenated alkanes) is 1. The Labute approximate surface area is 313 Å². The molecule has 1 aromatic carbocycles. The topological polar surface area (TPSA) is 89.6 Å². The third-order valence-corrected chi connectivity index (χ3v) is 14.1. The zero-order valence-corrected chi connectivity index (χ0v) is 33.1. The predicted octanol–water partition coefficient (Wildman–Crippen LogP) is 10.4. The minimum Gasteiger partial charge on any atom is -0.497 e. The maximum absolute atomic E-state index is 12.9. The Balaban J connectivity index is 0.903. The predicted molar refractivity (Wildman–Crippen MR) is 211 cm³/mol. The molecule has 4 aliphatic rings. The highest BCUT2D eigenvalue weighted by atomic mass is 16.5. The number of methoxy groups -OCH3 is 1. The van der Waals surface area contributed by atoms with Gasteiger partial charge in [-0.3, -0.25) is 14.6 Å². The molecule has 0 radical (unpaired) electrons. The molecule has 4 aliphatic carbocycles. The van der Waals surface area contributed by atoms with Gasteiger partial charge in [0.25, 0.3) is 0 Å². The van der Waals surface area contributed by atoms with E-state index in [1.54, 1.807) is 18.9 Å². The van der Waals surface area contributed by atoms with Crippen molar-refractivity contribution in [2.45, 2.75) is 149 Å². The Hall–Kier alpha value is -3.09. The number of anilines is 1. The highest BCUT2D eigenvalue weighted by Gasteiger charge is 2.58. The molecule has 8 atom stereocenters. The molecule has 8 unspecified atom stereocenters. The smallest absolute Gasteiger partial charge is 0.306 e. The van der Waals surface area contributed by atoms with Gasteiger partial charge in [-0.05, 0) is 124 Å². The van der Waals surface area contributed by atoms with Crippen LogP contribution in [-0.4, -0.2) is 42.7 Å². The number of pyridine rings is 1. The van der Waals surface area contributed by atoms with E-state index in [1.807, 2.05) is 24.3 Å². The maximum Gasteiger partial charge on any atom is 0.306 e. The second kappa shape index (κ2) is 16.9. The van der Waals surface area contributed by atoms with Crippen LogP contribution in [0.1, 0.15) is 137 Å². The van der Waals surface area contributed by atoms with Gasteiger partial charge in [0.15, 0.2) is 0 Å². The largest absolute Gasteiger partial charge is 0.497 e. The number of rotatable bonds is 16. The number of benzene rings is 1. The summed E-state index contributed by atoms with van der Waals surface area (Å²) in [7, 11) is 1.67. The van der Waals surface area contributed by atoms with Crippen LogP contribution in [-0.2, 0) is 14.3 Å². The normalized spacial score (nSPS) is 30.1. The third kappa shape index (κ3) is 8.65. The first-order valence-corrected chi connectivity index (χ1v) is 20.8. The van der Waals surface area contributed by atoms with E-state index in [2.05, 4.69) is 56.3 Å². The van der Waals surface area contributed by atoms with Gasteiger partial charge in [-0.1, -0.05) is 64.7 Å². The summed E-state index contributed by atoms with van der Waals surface area (Å²) in [6.45, 7) is 12.6. The molecular formula is C45H67N3O4. The Morgan fingerprint density at radius 1 is 0.981 bits per heavy atom. The molecule has 0 saturated heterocycles. The van der Waals surface area contributed by atoms with Gasteiger partial charge < -0.3 is 20.1 Å². The first-order valence-electron chi connectivity index (χ1n) is 20.8. The first kappa shape index (κ1) is 38.6. The maximum atomic E-state index is 12.9. The number of hydrogen-bond donors (Lipinski definition) is 2. The summed E-state index contributed by atoms with van der Waals surface area (Å²) in [5, 5.41) is 7.59. The first-order chi connectivity index (χ1) is 25.0. The number of nitrogens with zero attached hydrogens (tertiary/aromatic N) is 1. The molecule has 2 N–H and O–H groups in total. The molecule has 286 valence electrons. The van der Waals surface area contributed by atoms with E-state index in [4.69, 9.17) is 9.47 Å². The highest BCUT2D eigenvalue weighted by Crippen LogP contribution is 2.66. The summed E-state index contributed by atoms with van der Waals surface area (Å²) in [5.74, 6) is 4.65. The molecule has 6 rings (SSSR count). The van der Waals surface area contributed by atoms with Gasteiger partial charge >= 0.3 is 5.97 Å². The number of aromatic nitrogens is 1. The van der Waals surface area contributed by atoms with E-state index in [9.17, 15) is 9.59 Å². The van der Waals surface area contributed by atoms with Crippen molar-refractivity contribution in [2.24, 2.45) is 40.4 Å². The van der Waals surface area contributed by atoms with Gasteiger partial charge in [0, 0.05) is 43.1 Å². The van der Waals surface area contributed by atoms with Crippen molar-refractivity contribution in [1.29, 1.82) is 0 Å². The van der Waals surface area contributed by atoms with Gasteiger partial charge in [0.05, 0.1) is 24.7 Å². The van der Waals surface area contributed by atoms with Crippen LogP contribution in [0.5, 0.6) is 5.75 Å². The van der Waals surface area contributed by atoms with Crippen LogP contribution in [0.3, 0.4) is 0 Å². The Kier molecular flexibility index (Phi) is 12.6. The number of allylic oxidation sites excluding steroid dienone is 1. The lowest BCUT2D eigenvalue weighted by Crippen LogP contribution is -2.50. The zero-order chi connectivity index (χ0) is 36.9. The molecule has 0 spiro atoms. The lowest BCUT2D eigenvalue weighted by molar-refractivity contribution is -0.152. The van der Waals surface area contributed by atoms with Crippen LogP contribution in [0.25, 0.3) is 10.9 Å². The summed E-state index contributed by atoms with van der Waals surface area (Å²) < 4.78 is 11.5. The highest BCUT2D eigenvalue weighted by molar-refractivity contribution is 5.92. The van der Waals surface area contributed by atoms with E-state index in [1.165, 1.54) is 57.8 Å². The molecule has 1 amide bonds. The monoisotopic (exact) mass is 714 g/mol. The average Bonchev–Trinajstić information content (AvgIpc) is 3.47. The minimum absolute atomic E-state index is 0.0621. The molecule has 1 heterocycles. The fourth-order valence-corrected chi connectivity index (χ4v) is 11.2. The number of nitrogens with one attached hydrogen (secondary N) is 2. The standard InChI is InChI=1S/C45H67N3O4/c1-30(2)11-7-8-14-33-16-18-38-37-17-15-34-28-35(21-23-45(34,5)39(37)22-24-44(33,38)4)52-42(50)20-19-41(49)46-25-9-12-31(3)48-40-29-36(51-6)27-32-13-10-26-47-43(32)40/h10,13,15,26-27,29-31,33,35,37-39,48H,7-9,11-12,14,16-25,28H2,1-6H3,(H,46,49). The van der Waals surface area contributed by atoms with Gasteiger partial charge in [0.2, 0.25) is 5.91 Å². The van der Waals surface area contributed by atoms with Gasteiger partial charge in [-0.2, -0.15) is 0 Å². The molecule has 3 fully saturated rings. The third-order valence-electron chi connectivity index (χ3n) is 14.1. The molecule has 1 aromatic heterocycles. The summed E-state index contributed by atoms with van der Waals surface area (Å²) in [6.07, 6.45) is 21.7. The van der Waals surface area contributed by atoms with Crippen LogP contribution >= 0.6 is 0 Å². The lowest BCUT2D eigenvalue weighted by Gasteiger charge is -2.58. The molecule has 2 aromatic rings. The number of ether oxygens (including phenoxy) is 2. The summed E-state index contributed by atoms with van der Waals surface area (Å²) in [6, 6.07) is 8.11. The molecule has 7 nitrogen and oxygen atoms in total. The van der Waals surface area contributed by atoms with Crippen LogP contribution in [0.15, 0.2) is 42.1 Å². The van der Waals surface area contributed by atoms with E-state index in [-0.39, 0.29) is 42.3 Å². The van der Waals surface area contributed by atoms with Crippen LogP contribution in [0.4, 0.5) is 5.69 Å². The Morgan fingerprint density at radius 2 is 1.83 bits per heavy atom. The van der Waals surface area contributed by atoms with E-state index < -0.39 is 0 Å². The fourth-order valence-electron chi connectivity index (χ4n) is 11.2. The van der Waals surface area contributed by atoms with E-state index in [0.29, 0.717) is 12.0 Å². The van der Waals surface area contributed by atoms with Crippen molar-refractivity contribution < 1.29 is 19.1 Å². The SMILES string of the molecule is COc1cc(NC(C)CCCNC(=O)CCC(=O)OC2CCC3(C)C(=CCC4C3CCC3(C)C(CCCCC(C)C)CCC43)C2)c2ncccc2c1. The number of esters is 1. The van der Waals surface area contributed by atoms with E-state index in [0.717, 1.165) is 84.0 Å². The molecule has 0 aliphatic heterocycles. The summed E-state index contributed by atoms with van der Waals surface area (Å²) >= 11 is 0. The number of carbonyl (C=O) groups excluding carboxylic acids is 2. The van der Waals surface area contributed by atoms with Crippen molar-refractivity contribution in [1.82, 2.24) is 10.3 Å². The Morgan fingerprint density at radius 3 is 2.63 bits per heavy atom.